The maximum absolute atomic E-state index is 13.4. The lowest BCUT2D eigenvalue weighted by Crippen LogP contribution is -2.30. The van der Waals surface area contributed by atoms with Crippen molar-refractivity contribution in [2.24, 2.45) is 0 Å². The first-order valence-corrected chi connectivity index (χ1v) is 10.3. The molecule has 0 saturated heterocycles. The lowest BCUT2D eigenvalue weighted by molar-refractivity contribution is -0.212. The van der Waals surface area contributed by atoms with E-state index in [2.05, 4.69) is 15.2 Å². The normalized spacial score (nSPS) is 15.7. The van der Waals surface area contributed by atoms with Crippen molar-refractivity contribution in [3.8, 4) is 11.3 Å². The average molecular weight is 471 g/mol. The molecule has 33 heavy (non-hydrogen) atoms. The second-order valence-electron chi connectivity index (χ2n) is 7.92. The molecule has 0 radical (unpaired) electrons. The summed E-state index contributed by atoms with van der Waals surface area (Å²) in [6.07, 6.45) is -2.40. The summed E-state index contributed by atoms with van der Waals surface area (Å²) >= 11 is 0. The minimum atomic E-state index is -4.74. The number of hydrogen-bond donors (Lipinski definition) is 0. The minimum absolute atomic E-state index is 0.00444. The van der Waals surface area contributed by atoms with Crippen LogP contribution in [0.2, 0.25) is 0 Å². The Hall–Kier alpha value is -3.18. The molecule has 0 unspecified atom stereocenters. The Kier molecular flexibility index (Phi) is 6.02. The Labute approximate surface area is 183 Å². The number of nitrogens with zero attached hydrogens (tertiary/aromatic N) is 5. The Morgan fingerprint density at radius 3 is 2.42 bits per heavy atom. The fraction of sp³-hybridized carbons (Fsp3) is 0.429. The Morgan fingerprint density at radius 2 is 1.79 bits per heavy atom. The topological polar surface area (TPSA) is 65.6 Å². The van der Waals surface area contributed by atoms with E-state index in [9.17, 15) is 31.1 Å². The maximum atomic E-state index is 13.4. The first-order chi connectivity index (χ1) is 15.5. The van der Waals surface area contributed by atoms with Crippen molar-refractivity contribution in [2.45, 2.75) is 57.0 Å². The van der Waals surface area contributed by atoms with Crippen molar-refractivity contribution in [2.75, 3.05) is 0 Å². The van der Waals surface area contributed by atoms with Crippen LogP contribution in [-0.4, -0.2) is 24.5 Å². The molecule has 4 rings (SSSR count). The van der Waals surface area contributed by atoms with E-state index in [1.165, 1.54) is 12.3 Å². The summed E-state index contributed by atoms with van der Waals surface area (Å²) in [4.78, 5) is 16.9. The molecule has 3 aromatic rings. The molecule has 1 aliphatic carbocycles. The summed E-state index contributed by atoms with van der Waals surface area (Å²) in [5.74, 6) is -0.150. The molecule has 0 bridgehead atoms. The fourth-order valence-electron chi connectivity index (χ4n) is 4.07. The van der Waals surface area contributed by atoms with E-state index >= 15 is 0 Å². The van der Waals surface area contributed by atoms with Gasteiger partial charge in [0.2, 0.25) is 0 Å². The van der Waals surface area contributed by atoms with E-state index < -0.39 is 35.8 Å². The van der Waals surface area contributed by atoms with Crippen LogP contribution in [0.1, 0.15) is 54.8 Å². The smallest absolute Gasteiger partial charge is 0.267 e. The van der Waals surface area contributed by atoms with Crippen LogP contribution in [0.4, 0.5) is 26.3 Å². The average Bonchev–Trinajstić information content (AvgIpc) is 3.26. The first kappa shape index (κ1) is 23.0. The number of pyridine rings is 1. The van der Waals surface area contributed by atoms with Gasteiger partial charge in [-0.3, -0.25) is 9.78 Å². The van der Waals surface area contributed by atoms with Crippen LogP contribution in [-0.2, 0) is 19.0 Å². The van der Waals surface area contributed by atoms with Gasteiger partial charge >= 0.3 is 12.5 Å². The van der Waals surface area contributed by atoms with Gasteiger partial charge in [-0.25, -0.2) is 4.68 Å². The summed E-state index contributed by atoms with van der Waals surface area (Å²) in [6.45, 7) is -0.574. The largest absolute Gasteiger partial charge is 0.504 e. The Balaban J connectivity index is 1.82. The zero-order valence-electron chi connectivity index (χ0n) is 17.2. The van der Waals surface area contributed by atoms with E-state index in [0.29, 0.717) is 18.4 Å². The molecule has 1 aliphatic rings. The number of rotatable bonds is 4. The maximum Gasteiger partial charge on any atom is 0.504 e. The molecule has 12 heteroatoms. The van der Waals surface area contributed by atoms with E-state index in [4.69, 9.17) is 0 Å². The predicted octanol–water partition coefficient (Wildman–Crippen LogP) is 5.09. The molecule has 6 nitrogen and oxygen atoms in total. The van der Waals surface area contributed by atoms with Gasteiger partial charge in [0.05, 0.1) is 29.7 Å². The second-order valence-corrected chi connectivity index (χ2v) is 7.92. The predicted molar refractivity (Wildman–Crippen MR) is 105 cm³/mol. The molecule has 3 aromatic heterocycles. The van der Waals surface area contributed by atoms with Crippen LogP contribution < -0.4 is 5.56 Å². The highest BCUT2D eigenvalue weighted by Gasteiger charge is 2.35. The fourth-order valence-corrected chi connectivity index (χ4v) is 4.07. The molecular formula is C21H19F6N5O. The summed E-state index contributed by atoms with van der Waals surface area (Å²) in [5, 5.41) is 7.38. The van der Waals surface area contributed by atoms with Gasteiger partial charge in [-0.05, 0) is 37.0 Å². The van der Waals surface area contributed by atoms with E-state index in [1.54, 1.807) is 0 Å². The zero-order chi connectivity index (χ0) is 23.8. The third-order valence-electron chi connectivity index (χ3n) is 5.68. The van der Waals surface area contributed by atoms with Crippen molar-refractivity contribution in [1.82, 2.24) is 24.5 Å². The standard InChI is InChI=1S/C21H19F6N5O/c22-20(23,24)16-7-4-8-28-18(16)12-31-19(33)15(13-5-2-1-3-6-13)9-17(30-31)14-10-29-32(11-14)21(25,26)27/h4,7-11,13H,1-3,5-6,12H2. The SMILES string of the molecule is O=c1c(C2CCCCC2)cc(-c2cnn(C(F)(F)F)c2)nn1Cc1ncccc1C(F)(F)F. The minimum Gasteiger partial charge on any atom is -0.267 e. The summed E-state index contributed by atoms with van der Waals surface area (Å²) < 4.78 is 79.9. The molecule has 0 aliphatic heterocycles. The van der Waals surface area contributed by atoms with Gasteiger partial charge in [-0.15, -0.1) is 13.2 Å². The highest BCUT2D eigenvalue weighted by Crippen LogP contribution is 2.34. The quantitative estimate of drug-likeness (QED) is 0.497. The van der Waals surface area contributed by atoms with Crippen molar-refractivity contribution in [3.63, 3.8) is 0 Å². The molecule has 0 aromatic carbocycles. The van der Waals surface area contributed by atoms with Gasteiger partial charge in [0.1, 0.15) is 0 Å². The summed E-state index contributed by atoms with van der Waals surface area (Å²) in [7, 11) is 0. The number of halogens is 6. The number of alkyl halides is 6. The molecular weight excluding hydrogens is 452 g/mol. The van der Waals surface area contributed by atoms with Crippen molar-refractivity contribution in [1.29, 1.82) is 0 Å². The van der Waals surface area contributed by atoms with Crippen LogP contribution in [0.25, 0.3) is 11.3 Å². The van der Waals surface area contributed by atoms with Gasteiger partial charge in [-0.2, -0.15) is 28.1 Å². The summed E-state index contributed by atoms with van der Waals surface area (Å²) in [6, 6.07) is 3.42. The lowest BCUT2D eigenvalue weighted by atomic mass is 9.84. The van der Waals surface area contributed by atoms with Crippen LogP contribution >= 0.6 is 0 Å². The van der Waals surface area contributed by atoms with E-state index in [1.807, 2.05) is 0 Å². The van der Waals surface area contributed by atoms with Crippen LogP contribution in [0.5, 0.6) is 0 Å². The highest BCUT2D eigenvalue weighted by atomic mass is 19.4. The van der Waals surface area contributed by atoms with Crippen molar-refractivity contribution in [3.05, 3.63) is 64.0 Å². The molecule has 0 amide bonds. The zero-order valence-corrected chi connectivity index (χ0v) is 17.2. The molecule has 1 saturated carbocycles. The number of hydrogen-bond acceptors (Lipinski definition) is 4. The Morgan fingerprint density at radius 1 is 1.06 bits per heavy atom. The highest BCUT2D eigenvalue weighted by molar-refractivity contribution is 5.57. The molecule has 0 N–H and O–H groups in total. The van der Waals surface area contributed by atoms with Gasteiger partial charge in [-0.1, -0.05) is 19.3 Å². The van der Waals surface area contributed by atoms with E-state index in [-0.39, 0.29) is 21.9 Å². The molecule has 1 fully saturated rings. The third kappa shape index (κ3) is 4.93. The van der Waals surface area contributed by atoms with Crippen molar-refractivity contribution >= 4 is 0 Å². The van der Waals surface area contributed by atoms with E-state index in [0.717, 1.165) is 48.5 Å². The van der Waals surface area contributed by atoms with Crippen LogP contribution in [0.15, 0.2) is 41.6 Å². The Bertz CT molecular complexity index is 1190. The number of aromatic nitrogens is 5. The van der Waals surface area contributed by atoms with Gasteiger partial charge in [0.25, 0.3) is 5.56 Å². The van der Waals surface area contributed by atoms with Crippen LogP contribution in [0.3, 0.4) is 0 Å². The molecule has 176 valence electrons. The third-order valence-corrected chi connectivity index (χ3v) is 5.68. The van der Waals surface area contributed by atoms with Gasteiger partial charge in [0, 0.05) is 23.5 Å². The monoisotopic (exact) mass is 471 g/mol. The van der Waals surface area contributed by atoms with Gasteiger partial charge in [0.15, 0.2) is 0 Å². The second kappa shape index (κ2) is 8.64. The van der Waals surface area contributed by atoms with Crippen LogP contribution in [0, 0.1) is 0 Å². The molecule has 3 heterocycles. The van der Waals surface area contributed by atoms with Crippen molar-refractivity contribution < 1.29 is 26.3 Å². The summed E-state index contributed by atoms with van der Waals surface area (Å²) in [5.41, 5.74) is -1.65. The molecule has 0 atom stereocenters. The lowest BCUT2D eigenvalue weighted by Gasteiger charge is -2.22. The molecule has 0 spiro atoms. The first-order valence-electron chi connectivity index (χ1n) is 10.3. The van der Waals surface area contributed by atoms with Gasteiger partial charge < -0.3 is 0 Å².